The summed E-state index contributed by atoms with van der Waals surface area (Å²) in [6, 6.07) is 94.5. The second-order valence-electron chi connectivity index (χ2n) is 20.7. The number of pyridine rings is 3. The second-order valence-corrected chi connectivity index (χ2v) is 20.7. The van der Waals surface area contributed by atoms with Crippen LogP contribution in [0.2, 0.25) is 0 Å². The van der Waals surface area contributed by atoms with Gasteiger partial charge in [0, 0.05) is 69.6 Å². The van der Waals surface area contributed by atoms with Crippen LogP contribution in [0.3, 0.4) is 0 Å². The Labute approximate surface area is 480 Å². The van der Waals surface area contributed by atoms with Gasteiger partial charge in [-0.1, -0.05) is 182 Å². The van der Waals surface area contributed by atoms with Crippen molar-refractivity contribution >= 4 is 32.3 Å². The van der Waals surface area contributed by atoms with Crippen molar-refractivity contribution in [1.82, 2.24) is 24.9 Å². The Balaban J connectivity index is 0.925. The highest BCUT2D eigenvalue weighted by Crippen LogP contribution is 2.49. The Hall–Kier alpha value is -11.2. The first-order chi connectivity index (χ1) is 41.1. The molecule has 15 rings (SSSR count). The van der Waals surface area contributed by atoms with E-state index in [9.17, 15) is 0 Å². The summed E-state index contributed by atoms with van der Waals surface area (Å²) in [6.07, 6.45) is 9.09. The molecule has 0 N–H and O–H groups in total. The van der Waals surface area contributed by atoms with E-state index in [1.807, 2.05) is 73.2 Å². The number of ether oxygens (including phenoxy) is 1. The van der Waals surface area contributed by atoms with Crippen LogP contribution in [0, 0.1) is 0 Å². The van der Waals surface area contributed by atoms with Crippen LogP contribution in [-0.2, 0) is 0 Å². The van der Waals surface area contributed by atoms with E-state index in [2.05, 4.69) is 222 Å². The number of aromatic nitrogens is 5. The Morgan fingerprint density at radius 1 is 0.217 bits per heavy atom. The van der Waals surface area contributed by atoms with Crippen LogP contribution in [-0.4, -0.2) is 24.9 Å². The lowest BCUT2D eigenvalue weighted by Crippen LogP contribution is -1.96. The summed E-state index contributed by atoms with van der Waals surface area (Å²) >= 11 is 0. The lowest BCUT2D eigenvalue weighted by Gasteiger charge is -2.21. The minimum Gasteiger partial charge on any atom is -0.456 e. The van der Waals surface area contributed by atoms with Crippen LogP contribution < -0.4 is 4.74 Å². The zero-order chi connectivity index (χ0) is 55.1. The number of benzene rings is 11. The number of nitrogens with zero attached hydrogens (tertiary/aromatic N) is 5. The summed E-state index contributed by atoms with van der Waals surface area (Å²) < 4.78 is 7.53. The van der Waals surface area contributed by atoms with E-state index in [4.69, 9.17) is 19.7 Å². The molecule has 0 aliphatic rings. The van der Waals surface area contributed by atoms with Gasteiger partial charge < -0.3 is 4.74 Å². The predicted octanol–water partition coefficient (Wildman–Crippen LogP) is 20.0. The van der Waals surface area contributed by atoms with E-state index in [-0.39, 0.29) is 0 Å². The van der Waals surface area contributed by atoms with Gasteiger partial charge in [-0.2, -0.15) is 0 Å². The summed E-state index contributed by atoms with van der Waals surface area (Å²) in [5.41, 5.74) is 19.6. The predicted molar refractivity (Wildman–Crippen MR) is 340 cm³/mol. The Bertz CT molecular complexity index is 4680. The first-order valence-corrected chi connectivity index (χ1v) is 27.8. The molecule has 6 nitrogen and oxygen atoms in total. The topological polar surface area (TPSA) is 73.7 Å². The molecule has 0 radical (unpaired) electrons. The quantitative estimate of drug-likeness (QED) is 0.114. The van der Waals surface area contributed by atoms with Crippen molar-refractivity contribution in [2.24, 2.45) is 0 Å². The molecule has 15 aromatic rings. The molecule has 0 aliphatic carbocycles. The lowest BCUT2D eigenvalue weighted by atomic mass is 9.86. The number of hydrogen-bond donors (Lipinski definition) is 0. The highest BCUT2D eigenvalue weighted by molar-refractivity contribution is 6.26. The van der Waals surface area contributed by atoms with Gasteiger partial charge in [-0.25, -0.2) is 9.97 Å². The van der Waals surface area contributed by atoms with Crippen molar-refractivity contribution < 1.29 is 4.74 Å². The Morgan fingerprint density at radius 2 is 0.651 bits per heavy atom. The maximum atomic E-state index is 7.53. The van der Waals surface area contributed by atoms with Crippen LogP contribution in [0.15, 0.2) is 298 Å². The first kappa shape index (κ1) is 48.9. The van der Waals surface area contributed by atoms with Gasteiger partial charge in [0.1, 0.15) is 11.5 Å². The summed E-state index contributed by atoms with van der Waals surface area (Å²) in [5, 5.41) is 6.81. The Morgan fingerprint density at radius 3 is 1.17 bits per heavy atom. The minimum atomic E-state index is 0.606. The molecular weight excluding hydrogens is 1010 g/mol. The van der Waals surface area contributed by atoms with Gasteiger partial charge in [0.05, 0.1) is 17.1 Å². The van der Waals surface area contributed by atoms with Crippen LogP contribution in [0.4, 0.5) is 0 Å². The van der Waals surface area contributed by atoms with Crippen molar-refractivity contribution in [3.63, 3.8) is 0 Å². The smallest absolute Gasteiger partial charge is 0.159 e. The molecule has 0 atom stereocenters. The number of rotatable bonds is 12. The van der Waals surface area contributed by atoms with Crippen molar-refractivity contribution in [1.29, 1.82) is 0 Å². The van der Waals surface area contributed by atoms with Crippen LogP contribution >= 0.6 is 0 Å². The molecule has 388 valence electrons. The van der Waals surface area contributed by atoms with E-state index in [1.165, 1.54) is 16.2 Å². The average Bonchev–Trinajstić information content (AvgIpc) is 3.62. The van der Waals surface area contributed by atoms with E-state index in [0.29, 0.717) is 11.6 Å². The zero-order valence-corrected chi connectivity index (χ0v) is 44.9. The van der Waals surface area contributed by atoms with E-state index in [0.717, 1.165) is 128 Å². The third-order valence-electron chi connectivity index (χ3n) is 15.8. The summed E-state index contributed by atoms with van der Waals surface area (Å²) in [7, 11) is 0. The number of hydrogen-bond acceptors (Lipinski definition) is 6. The SMILES string of the molecule is c1ccc(-c2ccc(-c3ccccc3-c3cc(-c4ccccc4-c4ccc(-c5ccccn5)cc4)cc(-c4ccccc4-c4ccc(-c5ncccn5)cc4Oc4cc(-c5ccccn5)c5ccc6cccc7ccc4c5c76)c3)cc2)nc1. The molecule has 0 saturated heterocycles. The van der Waals surface area contributed by atoms with Gasteiger partial charge in [0.15, 0.2) is 5.82 Å². The van der Waals surface area contributed by atoms with Crippen LogP contribution in [0.1, 0.15) is 0 Å². The fraction of sp³-hybridized carbons (Fsp3) is 0. The highest BCUT2D eigenvalue weighted by atomic mass is 16.5. The van der Waals surface area contributed by atoms with Crippen molar-refractivity contribution in [2.45, 2.75) is 0 Å². The van der Waals surface area contributed by atoms with Gasteiger partial charge >= 0.3 is 0 Å². The van der Waals surface area contributed by atoms with Gasteiger partial charge in [0.2, 0.25) is 0 Å². The van der Waals surface area contributed by atoms with E-state index < -0.39 is 0 Å². The maximum Gasteiger partial charge on any atom is 0.159 e. The molecule has 6 heteroatoms. The first-order valence-electron chi connectivity index (χ1n) is 27.8. The van der Waals surface area contributed by atoms with E-state index in [1.54, 1.807) is 12.4 Å². The van der Waals surface area contributed by atoms with Crippen molar-refractivity contribution in [2.75, 3.05) is 0 Å². The van der Waals surface area contributed by atoms with E-state index >= 15 is 0 Å². The molecule has 4 heterocycles. The summed E-state index contributed by atoms with van der Waals surface area (Å²) in [5.74, 6) is 1.99. The minimum absolute atomic E-state index is 0.606. The van der Waals surface area contributed by atoms with Gasteiger partial charge in [-0.05, 0) is 168 Å². The largest absolute Gasteiger partial charge is 0.456 e. The Kier molecular flexibility index (Phi) is 12.4. The van der Waals surface area contributed by atoms with Crippen LogP contribution in [0.25, 0.3) is 144 Å². The molecule has 0 spiro atoms. The molecule has 0 bridgehead atoms. The molecular formula is C77H49N5O. The van der Waals surface area contributed by atoms with Gasteiger partial charge in [-0.3, -0.25) is 15.0 Å². The summed E-state index contributed by atoms with van der Waals surface area (Å²) in [4.78, 5) is 23.6. The molecule has 0 aliphatic heterocycles. The lowest BCUT2D eigenvalue weighted by molar-refractivity contribution is 0.490. The van der Waals surface area contributed by atoms with Gasteiger partial charge in [0.25, 0.3) is 0 Å². The fourth-order valence-corrected chi connectivity index (χ4v) is 11.9. The van der Waals surface area contributed by atoms with Gasteiger partial charge in [-0.15, -0.1) is 0 Å². The highest BCUT2D eigenvalue weighted by Gasteiger charge is 2.22. The molecule has 0 fully saturated rings. The normalized spacial score (nSPS) is 11.4. The second kappa shape index (κ2) is 21.1. The fourth-order valence-electron chi connectivity index (χ4n) is 11.9. The molecule has 4 aromatic heterocycles. The monoisotopic (exact) mass is 1060 g/mol. The molecule has 0 unspecified atom stereocenters. The maximum absolute atomic E-state index is 7.53. The molecule has 0 amide bonds. The zero-order valence-electron chi connectivity index (χ0n) is 44.9. The molecule has 83 heavy (non-hydrogen) atoms. The third-order valence-corrected chi connectivity index (χ3v) is 15.8. The summed E-state index contributed by atoms with van der Waals surface area (Å²) in [6.45, 7) is 0. The van der Waals surface area contributed by atoms with Crippen molar-refractivity contribution in [3.05, 3.63) is 298 Å². The average molecular weight is 1060 g/mol. The standard InChI is InChI=1S/C77H49N5O/c1-3-19-62(60(17-1)50-26-30-52(31-27-50)70-23-7-10-40-78-70)57-45-58(63-20-4-2-18-61(63)51-28-32-53(33-29-51)71-24-8-11-41-79-71)47-59(46-57)64-21-5-6-22-65(64)66-37-36-56(77-81-43-14-44-82-77)48-73(66)83-74-49-69(72-25-9-12-42-80-72)67-38-34-54-15-13-16-55-35-39-68(74)76(67)75(54)55/h1-49H. The van der Waals surface area contributed by atoms with Crippen LogP contribution in [0.5, 0.6) is 11.5 Å². The van der Waals surface area contributed by atoms with Crippen molar-refractivity contribution in [3.8, 4) is 123 Å². The molecule has 11 aromatic carbocycles. The third kappa shape index (κ3) is 9.20. The molecule has 0 saturated carbocycles.